The largest absolute Gasteiger partial charge is 0.482 e. The number of ether oxygens (including phenoxy) is 1. The van der Waals surface area contributed by atoms with Gasteiger partial charge in [0.2, 0.25) is 5.91 Å². The summed E-state index contributed by atoms with van der Waals surface area (Å²) < 4.78 is 18.6. The Morgan fingerprint density at radius 2 is 1.74 bits per heavy atom. The molecule has 1 aliphatic rings. The third-order valence-electron chi connectivity index (χ3n) is 5.86. The maximum Gasteiger partial charge on any atom is 0.287 e. The average molecular weight is 516 g/mol. The van der Waals surface area contributed by atoms with Crippen LogP contribution in [0.25, 0.3) is 10.9 Å². The van der Waals surface area contributed by atoms with Crippen molar-refractivity contribution in [3.05, 3.63) is 99.3 Å². The van der Waals surface area contributed by atoms with Crippen molar-refractivity contribution in [1.82, 2.24) is 20.6 Å². The molecular weight excluding hydrogens is 493 g/mol. The number of amides is 3. The summed E-state index contributed by atoms with van der Waals surface area (Å²) in [6, 6.07) is 15.9. The van der Waals surface area contributed by atoms with Gasteiger partial charge in [0.15, 0.2) is 12.4 Å². The van der Waals surface area contributed by atoms with Crippen LogP contribution in [0.1, 0.15) is 27.3 Å². The zero-order chi connectivity index (χ0) is 26.6. The zero-order valence-electron chi connectivity index (χ0n) is 20.0. The molecule has 0 unspecified atom stereocenters. The number of halogens is 1. The minimum atomic E-state index is -0.573. The molecule has 0 aliphatic carbocycles. The number of H-pyrrole nitrogens is 1. The van der Waals surface area contributed by atoms with Crippen molar-refractivity contribution in [2.24, 2.45) is 0 Å². The van der Waals surface area contributed by atoms with Gasteiger partial charge in [-0.3, -0.25) is 19.2 Å². The summed E-state index contributed by atoms with van der Waals surface area (Å²) in [4.78, 5) is 55.8. The fourth-order valence-corrected chi connectivity index (χ4v) is 4.01. The smallest absolute Gasteiger partial charge is 0.287 e. The van der Waals surface area contributed by atoms with E-state index in [2.05, 4.69) is 25.9 Å². The molecule has 4 N–H and O–H groups in total. The number of aromatic nitrogens is 2. The average Bonchev–Trinajstić information content (AvgIpc) is 2.90. The fraction of sp³-hybridized carbons (Fsp3) is 0.148. The summed E-state index contributed by atoms with van der Waals surface area (Å²) in [7, 11) is 0. The summed E-state index contributed by atoms with van der Waals surface area (Å²) in [6.45, 7) is 0.257. The number of carbonyl (C=O) groups is 3. The van der Waals surface area contributed by atoms with Gasteiger partial charge in [0.05, 0.1) is 23.0 Å². The second-order valence-corrected chi connectivity index (χ2v) is 8.70. The lowest BCUT2D eigenvalue weighted by atomic mass is 10.1. The van der Waals surface area contributed by atoms with Crippen molar-refractivity contribution < 1.29 is 23.5 Å². The Hall–Kier alpha value is -5.06. The van der Waals surface area contributed by atoms with Crippen molar-refractivity contribution in [2.75, 3.05) is 11.9 Å². The van der Waals surface area contributed by atoms with Crippen LogP contribution in [0.15, 0.2) is 65.5 Å². The van der Waals surface area contributed by atoms with Crippen LogP contribution >= 0.6 is 0 Å². The van der Waals surface area contributed by atoms with Gasteiger partial charge in [-0.1, -0.05) is 24.3 Å². The quantitative estimate of drug-likeness (QED) is 0.297. The molecule has 1 aliphatic heterocycles. The molecule has 1 aromatic heterocycles. The summed E-state index contributed by atoms with van der Waals surface area (Å²) in [5, 5.41) is 8.42. The van der Waals surface area contributed by atoms with Crippen LogP contribution in [0.3, 0.4) is 0 Å². The molecule has 192 valence electrons. The number of nitrogens with zero attached hydrogens (tertiary/aromatic N) is 1. The zero-order valence-corrected chi connectivity index (χ0v) is 20.0. The van der Waals surface area contributed by atoms with Crippen LogP contribution in [0.4, 0.5) is 10.1 Å². The Morgan fingerprint density at radius 1 is 0.947 bits per heavy atom. The first-order valence-corrected chi connectivity index (χ1v) is 11.7. The van der Waals surface area contributed by atoms with E-state index in [1.165, 1.54) is 12.1 Å². The maximum absolute atomic E-state index is 13.3. The molecular formula is C27H22FN5O5. The first-order chi connectivity index (χ1) is 18.3. The molecule has 3 aromatic carbocycles. The minimum Gasteiger partial charge on any atom is -0.482 e. The summed E-state index contributed by atoms with van der Waals surface area (Å²) in [5.41, 5.74) is 2.28. The third-order valence-corrected chi connectivity index (χ3v) is 5.86. The van der Waals surface area contributed by atoms with Gasteiger partial charge in [-0.25, -0.2) is 9.37 Å². The van der Waals surface area contributed by atoms with Crippen molar-refractivity contribution in [3.8, 4) is 5.75 Å². The number of hydrogen-bond acceptors (Lipinski definition) is 6. The van der Waals surface area contributed by atoms with Gasteiger partial charge in [-0.15, -0.1) is 0 Å². The van der Waals surface area contributed by atoms with Crippen LogP contribution in [-0.4, -0.2) is 34.3 Å². The normalized spacial score (nSPS) is 12.3. The monoisotopic (exact) mass is 515 g/mol. The van der Waals surface area contributed by atoms with Gasteiger partial charge >= 0.3 is 0 Å². The first kappa shape index (κ1) is 24.6. The van der Waals surface area contributed by atoms with Crippen molar-refractivity contribution in [3.63, 3.8) is 0 Å². The van der Waals surface area contributed by atoms with Gasteiger partial charge in [0, 0.05) is 13.1 Å². The molecule has 0 saturated carbocycles. The minimum absolute atomic E-state index is 0.0276. The number of rotatable bonds is 7. The Morgan fingerprint density at radius 3 is 2.58 bits per heavy atom. The molecule has 0 bridgehead atoms. The number of nitrogens with one attached hydrogen (secondary N) is 4. The molecule has 2 heterocycles. The lowest BCUT2D eigenvalue weighted by Gasteiger charge is -2.18. The number of aromatic amines is 1. The van der Waals surface area contributed by atoms with Crippen LogP contribution in [-0.2, 0) is 29.1 Å². The number of fused-ring (bicyclic) bond motifs is 2. The van der Waals surface area contributed by atoms with Crippen LogP contribution in [0.2, 0.25) is 0 Å². The summed E-state index contributed by atoms with van der Waals surface area (Å²) in [6.07, 6.45) is 0.0276. The highest BCUT2D eigenvalue weighted by atomic mass is 19.1. The number of benzene rings is 3. The molecule has 10 nitrogen and oxygen atoms in total. The Balaban J connectivity index is 1.22. The highest BCUT2D eigenvalue weighted by Gasteiger charge is 2.17. The van der Waals surface area contributed by atoms with E-state index in [0.29, 0.717) is 28.1 Å². The Bertz CT molecular complexity index is 1630. The maximum atomic E-state index is 13.3. The second kappa shape index (κ2) is 10.5. The Labute approximate surface area is 215 Å². The van der Waals surface area contributed by atoms with Crippen LogP contribution in [0, 0.1) is 5.82 Å². The van der Waals surface area contributed by atoms with E-state index < -0.39 is 17.3 Å². The molecule has 11 heteroatoms. The lowest BCUT2D eigenvalue weighted by Crippen LogP contribution is -2.28. The molecule has 0 saturated heterocycles. The highest BCUT2D eigenvalue weighted by molar-refractivity contribution is 5.95. The molecule has 0 spiro atoms. The van der Waals surface area contributed by atoms with Gasteiger partial charge in [-0.2, -0.15) is 0 Å². The van der Waals surface area contributed by atoms with Gasteiger partial charge in [0.25, 0.3) is 17.4 Å². The van der Waals surface area contributed by atoms with Crippen molar-refractivity contribution in [1.29, 1.82) is 0 Å². The van der Waals surface area contributed by atoms with E-state index in [-0.39, 0.29) is 49.1 Å². The first-order valence-electron chi connectivity index (χ1n) is 11.7. The molecule has 0 fully saturated rings. The standard InChI is InChI=1S/C27H22FN5O5/c28-18-3-1-2-15(8-18)11-23(34)29-12-16-4-6-20-19(9-16)26(36)33-25(32-20)27(37)30-13-17-5-7-22-21(10-17)31-24(35)14-38-22/h1-10H,11-14H2,(H,29,34)(H,30,37)(H,31,35)(H,32,33,36). The van der Waals surface area contributed by atoms with E-state index >= 15 is 0 Å². The van der Waals surface area contributed by atoms with Crippen LogP contribution in [0.5, 0.6) is 5.75 Å². The van der Waals surface area contributed by atoms with E-state index in [1.807, 2.05) is 0 Å². The van der Waals surface area contributed by atoms with Gasteiger partial charge < -0.3 is 25.7 Å². The SMILES string of the molecule is O=C(Cc1cccc(F)c1)NCc1ccc2nc(C(=O)NCc3ccc4c(c3)NC(=O)CO4)[nH]c(=O)c2c1. The molecule has 0 radical (unpaired) electrons. The van der Waals surface area contributed by atoms with E-state index in [0.717, 1.165) is 5.56 Å². The van der Waals surface area contributed by atoms with Crippen molar-refractivity contribution >= 4 is 34.3 Å². The summed E-state index contributed by atoms with van der Waals surface area (Å²) in [5.74, 6) is -1.13. The highest BCUT2D eigenvalue weighted by Crippen LogP contribution is 2.28. The molecule has 0 atom stereocenters. The van der Waals surface area contributed by atoms with E-state index in [9.17, 15) is 23.6 Å². The van der Waals surface area contributed by atoms with Crippen molar-refractivity contribution in [2.45, 2.75) is 19.5 Å². The predicted octanol–water partition coefficient (Wildman–Crippen LogP) is 2.18. The molecule has 5 rings (SSSR count). The number of hydrogen-bond donors (Lipinski definition) is 4. The number of anilines is 1. The summed E-state index contributed by atoms with van der Waals surface area (Å²) >= 11 is 0. The lowest BCUT2D eigenvalue weighted by molar-refractivity contribution is -0.120. The molecule has 4 aromatic rings. The predicted molar refractivity (Wildman–Crippen MR) is 136 cm³/mol. The van der Waals surface area contributed by atoms with Gasteiger partial charge in [-0.05, 0) is 53.1 Å². The second-order valence-electron chi connectivity index (χ2n) is 8.70. The third kappa shape index (κ3) is 5.67. The molecule has 3 amide bonds. The number of carbonyl (C=O) groups excluding carboxylic acids is 3. The Kier molecular flexibility index (Phi) is 6.81. The van der Waals surface area contributed by atoms with Crippen LogP contribution < -0.4 is 26.2 Å². The van der Waals surface area contributed by atoms with E-state index in [4.69, 9.17) is 4.74 Å². The topological polar surface area (TPSA) is 142 Å². The van der Waals surface area contributed by atoms with E-state index in [1.54, 1.807) is 48.5 Å². The van der Waals surface area contributed by atoms with Gasteiger partial charge in [0.1, 0.15) is 11.6 Å². The molecule has 38 heavy (non-hydrogen) atoms. The fourth-order valence-electron chi connectivity index (χ4n) is 4.01.